The van der Waals surface area contributed by atoms with E-state index in [1.807, 2.05) is 42.2 Å². The molecule has 1 aliphatic heterocycles. The smallest absolute Gasteiger partial charge is 0.151 e. The number of likely N-dealkylation sites (tertiary alicyclic amines) is 1. The summed E-state index contributed by atoms with van der Waals surface area (Å²) in [4.78, 5) is 1.91. The van der Waals surface area contributed by atoms with Crippen LogP contribution in [-0.2, 0) is 6.54 Å². The maximum absolute atomic E-state index is 13.4. The van der Waals surface area contributed by atoms with Crippen LogP contribution in [-0.4, -0.2) is 40.5 Å². The van der Waals surface area contributed by atoms with Crippen LogP contribution in [0.4, 0.5) is 4.39 Å². The largest absolute Gasteiger partial charge is 0.395 e. The van der Waals surface area contributed by atoms with Crippen molar-refractivity contribution in [3.8, 4) is 11.3 Å². The van der Waals surface area contributed by atoms with E-state index in [9.17, 15) is 9.50 Å². The summed E-state index contributed by atoms with van der Waals surface area (Å²) in [5.41, 5.74) is 2.97. The fourth-order valence-electron chi connectivity index (χ4n) is 2.75. The third-order valence-electron chi connectivity index (χ3n) is 3.95. The summed E-state index contributed by atoms with van der Waals surface area (Å²) in [5.74, 6) is 0.693. The minimum Gasteiger partial charge on any atom is -0.395 e. The third kappa shape index (κ3) is 3.14. The van der Waals surface area contributed by atoms with Gasteiger partial charge < -0.3 is 9.63 Å². The van der Waals surface area contributed by atoms with Gasteiger partial charge in [0, 0.05) is 24.2 Å². The molecule has 1 aliphatic rings. The number of hydrogen-bond acceptors (Lipinski definition) is 4. The molecule has 1 aromatic heterocycles. The van der Waals surface area contributed by atoms with Crippen molar-refractivity contribution in [1.82, 2.24) is 10.1 Å². The highest BCUT2D eigenvalue weighted by atomic mass is 19.1. The lowest BCUT2D eigenvalue weighted by Crippen LogP contribution is -2.31. The van der Waals surface area contributed by atoms with Crippen molar-refractivity contribution in [3.63, 3.8) is 0 Å². The Morgan fingerprint density at radius 1 is 1.38 bits per heavy atom. The fourth-order valence-corrected chi connectivity index (χ4v) is 2.75. The number of aromatic nitrogens is 1. The molecule has 112 valence electrons. The fraction of sp³-hybridized carbons (Fsp3) is 0.438. The molecule has 0 amide bonds. The van der Waals surface area contributed by atoms with E-state index in [2.05, 4.69) is 5.16 Å². The van der Waals surface area contributed by atoms with E-state index >= 15 is 0 Å². The monoisotopic (exact) mass is 290 g/mol. The summed E-state index contributed by atoms with van der Waals surface area (Å²) in [6.45, 7) is 2.82. The minimum absolute atomic E-state index is 0.0284. The number of nitrogens with zero attached hydrogens (tertiary/aromatic N) is 2. The molecular formula is C16H19FN2O2. The maximum Gasteiger partial charge on any atom is 0.151 e. The lowest BCUT2D eigenvalue weighted by Gasteiger charge is -2.20. The number of aliphatic hydroxyl groups excluding tert-OH is 1. The lowest BCUT2D eigenvalue weighted by molar-refractivity contribution is 0.142. The Kier molecular flexibility index (Phi) is 4.03. The predicted octanol–water partition coefficient (Wildman–Crippen LogP) is 2.55. The van der Waals surface area contributed by atoms with E-state index in [1.54, 1.807) is 0 Å². The minimum atomic E-state index is -0.873. The van der Waals surface area contributed by atoms with Gasteiger partial charge in [-0.1, -0.05) is 35.0 Å². The van der Waals surface area contributed by atoms with E-state index in [-0.39, 0.29) is 12.6 Å². The van der Waals surface area contributed by atoms with Gasteiger partial charge in [0.2, 0.25) is 0 Å². The van der Waals surface area contributed by atoms with Crippen LogP contribution < -0.4 is 0 Å². The standard InChI is InChI=1S/C16H19FN2O2/c1-11-2-4-12(5-3-11)16-7-15(21-18-16)9-19-8-13(17)6-14(19)10-20/h2-5,7,13-14,20H,6,8-10H2,1H3/t13-,14-/m0/s1. The Balaban J connectivity index is 1.72. The normalized spacial score (nSPS) is 22.8. The Bertz CT molecular complexity index is 597. The van der Waals surface area contributed by atoms with E-state index in [1.165, 1.54) is 5.56 Å². The Morgan fingerprint density at radius 2 is 2.14 bits per heavy atom. The first-order chi connectivity index (χ1) is 10.2. The van der Waals surface area contributed by atoms with Crippen LogP contribution in [0.1, 0.15) is 17.7 Å². The van der Waals surface area contributed by atoms with Crippen LogP contribution >= 0.6 is 0 Å². The molecule has 0 radical (unpaired) electrons. The molecule has 2 heterocycles. The summed E-state index contributed by atoms with van der Waals surface area (Å²) in [7, 11) is 0. The molecule has 1 N–H and O–H groups in total. The second-order valence-electron chi connectivity index (χ2n) is 5.64. The molecule has 21 heavy (non-hydrogen) atoms. The Hall–Kier alpha value is -1.72. The summed E-state index contributed by atoms with van der Waals surface area (Å²) in [6.07, 6.45) is -0.489. The van der Waals surface area contributed by atoms with Gasteiger partial charge in [-0.3, -0.25) is 4.90 Å². The van der Waals surface area contributed by atoms with Crippen LogP contribution in [0.25, 0.3) is 11.3 Å². The summed E-state index contributed by atoms with van der Waals surface area (Å²) in [6, 6.07) is 9.80. The quantitative estimate of drug-likeness (QED) is 0.940. The highest BCUT2D eigenvalue weighted by Gasteiger charge is 2.32. The van der Waals surface area contributed by atoms with Crippen molar-refractivity contribution in [2.45, 2.75) is 32.1 Å². The van der Waals surface area contributed by atoms with Crippen molar-refractivity contribution in [1.29, 1.82) is 0 Å². The molecule has 0 aliphatic carbocycles. The molecule has 3 rings (SSSR count). The summed E-state index contributed by atoms with van der Waals surface area (Å²) in [5, 5.41) is 13.4. The highest BCUT2D eigenvalue weighted by Crippen LogP contribution is 2.25. The number of aliphatic hydroxyl groups is 1. The molecule has 0 unspecified atom stereocenters. The van der Waals surface area contributed by atoms with Crippen molar-refractivity contribution in [2.75, 3.05) is 13.2 Å². The average molecular weight is 290 g/mol. The van der Waals surface area contributed by atoms with Gasteiger partial charge in [-0.15, -0.1) is 0 Å². The lowest BCUT2D eigenvalue weighted by atomic mass is 10.1. The van der Waals surface area contributed by atoms with E-state index in [0.29, 0.717) is 25.3 Å². The first-order valence-electron chi connectivity index (χ1n) is 7.17. The zero-order chi connectivity index (χ0) is 14.8. The first-order valence-corrected chi connectivity index (χ1v) is 7.17. The van der Waals surface area contributed by atoms with Crippen LogP contribution in [0.5, 0.6) is 0 Å². The van der Waals surface area contributed by atoms with Crippen LogP contribution in [0.3, 0.4) is 0 Å². The zero-order valence-electron chi connectivity index (χ0n) is 12.0. The number of benzene rings is 1. The topological polar surface area (TPSA) is 49.5 Å². The molecule has 0 spiro atoms. The van der Waals surface area contributed by atoms with Gasteiger partial charge in [-0.2, -0.15) is 0 Å². The van der Waals surface area contributed by atoms with E-state index in [0.717, 1.165) is 11.3 Å². The van der Waals surface area contributed by atoms with Crippen molar-refractivity contribution < 1.29 is 14.0 Å². The molecule has 2 atom stereocenters. The van der Waals surface area contributed by atoms with E-state index in [4.69, 9.17) is 4.52 Å². The number of alkyl halides is 1. The first kappa shape index (κ1) is 14.2. The van der Waals surface area contributed by atoms with Crippen molar-refractivity contribution in [2.24, 2.45) is 0 Å². The molecule has 1 fully saturated rings. The number of hydrogen-bond donors (Lipinski definition) is 1. The van der Waals surface area contributed by atoms with Crippen LogP contribution in [0, 0.1) is 6.92 Å². The summed E-state index contributed by atoms with van der Waals surface area (Å²) < 4.78 is 18.8. The summed E-state index contributed by atoms with van der Waals surface area (Å²) >= 11 is 0. The van der Waals surface area contributed by atoms with Gasteiger partial charge in [0.25, 0.3) is 0 Å². The molecule has 4 nitrogen and oxygen atoms in total. The van der Waals surface area contributed by atoms with Crippen molar-refractivity contribution in [3.05, 3.63) is 41.7 Å². The molecule has 0 bridgehead atoms. The van der Waals surface area contributed by atoms with Gasteiger partial charge in [-0.05, 0) is 13.3 Å². The molecule has 5 heteroatoms. The second kappa shape index (κ2) is 5.95. The number of halogens is 1. The van der Waals surface area contributed by atoms with Crippen molar-refractivity contribution >= 4 is 0 Å². The third-order valence-corrected chi connectivity index (χ3v) is 3.95. The van der Waals surface area contributed by atoms with Gasteiger partial charge in [-0.25, -0.2) is 4.39 Å². The number of rotatable bonds is 4. The Morgan fingerprint density at radius 3 is 2.86 bits per heavy atom. The average Bonchev–Trinajstić information content (AvgIpc) is 3.07. The van der Waals surface area contributed by atoms with Gasteiger partial charge in [0.1, 0.15) is 11.9 Å². The predicted molar refractivity (Wildman–Crippen MR) is 77.5 cm³/mol. The van der Waals surface area contributed by atoms with Gasteiger partial charge in [0.15, 0.2) is 5.76 Å². The van der Waals surface area contributed by atoms with Crippen LogP contribution in [0.2, 0.25) is 0 Å². The SMILES string of the molecule is Cc1ccc(-c2cc(CN3C[C@@H](F)C[C@H]3CO)on2)cc1. The van der Waals surface area contributed by atoms with Crippen LogP contribution in [0.15, 0.2) is 34.9 Å². The molecule has 1 saturated heterocycles. The zero-order valence-corrected chi connectivity index (χ0v) is 12.0. The van der Waals surface area contributed by atoms with Gasteiger partial charge in [0.05, 0.1) is 13.2 Å². The number of aryl methyl sites for hydroxylation is 1. The van der Waals surface area contributed by atoms with E-state index < -0.39 is 6.17 Å². The molecular weight excluding hydrogens is 271 g/mol. The molecule has 1 aromatic carbocycles. The second-order valence-corrected chi connectivity index (χ2v) is 5.64. The Labute approximate surface area is 123 Å². The molecule has 2 aromatic rings. The maximum atomic E-state index is 13.4. The van der Waals surface area contributed by atoms with Gasteiger partial charge >= 0.3 is 0 Å². The highest BCUT2D eigenvalue weighted by molar-refractivity contribution is 5.59. The molecule has 0 saturated carbocycles.